The number of non-ortho nitro benzene ring substituents is 1. The zero-order chi connectivity index (χ0) is 17.5. The van der Waals surface area contributed by atoms with Crippen molar-refractivity contribution in [2.45, 2.75) is 0 Å². The number of anilines is 1. The molecule has 2 aromatic rings. The van der Waals surface area contributed by atoms with Crippen molar-refractivity contribution in [3.63, 3.8) is 0 Å². The molecule has 0 aliphatic rings. The van der Waals surface area contributed by atoms with E-state index in [9.17, 15) is 14.9 Å². The van der Waals surface area contributed by atoms with E-state index < -0.39 is 4.92 Å². The SMILES string of the molecule is CN(C)c1ccc(/C=C/C=C/C(=O)c2ccc([N+](=O)[O-])cc2)cc1. The predicted octanol–water partition coefficient (Wildman–Crippen LogP) is 4.11. The summed E-state index contributed by atoms with van der Waals surface area (Å²) in [4.78, 5) is 24.1. The number of allylic oxidation sites excluding steroid dienone is 3. The van der Waals surface area contributed by atoms with Crippen LogP contribution in [0.25, 0.3) is 6.08 Å². The number of carbonyl (C=O) groups is 1. The van der Waals surface area contributed by atoms with Gasteiger partial charge in [-0.15, -0.1) is 0 Å². The standard InChI is InChI=1S/C19H18N2O3/c1-20(2)17-11-7-15(8-12-17)5-3-4-6-19(22)16-9-13-18(14-10-16)21(23)24/h3-14H,1-2H3/b5-3+,6-4+. The van der Waals surface area contributed by atoms with Crippen LogP contribution < -0.4 is 4.90 Å². The average molecular weight is 322 g/mol. The average Bonchev–Trinajstić information content (AvgIpc) is 2.59. The number of hydrogen-bond acceptors (Lipinski definition) is 4. The van der Waals surface area contributed by atoms with E-state index in [1.807, 2.05) is 49.3 Å². The fraction of sp³-hybridized carbons (Fsp3) is 0.105. The molecule has 0 aliphatic carbocycles. The molecule has 0 bridgehead atoms. The molecule has 0 amide bonds. The molecule has 0 aromatic heterocycles. The van der Waals surface area contributed by atoms with E-state index in [0.29, 0.717) is 5.56 Å². The monoisotopic (exact) mass is 322 g/mol. The third-order valence-electron chi connectivity index (χ3n) is 3.42. The minimum absolute atomic E-state index is 0.0309. The molecule has 0 saturated heterocycles. The van der Waals surface area contributed by atoms with Gasteiger partial charge in [-0.3, -0.25) is 14.9 Å². The molecule has 5 nitrogen and oxygen atoms in total. The zero-order valence-electron chi connectivity index (χ0n) is 13.5. The lowest BCUT2D eigenvalue weighted by Gasteiger charge is -2.11. The summed E-state index contributed by atoms with van der Waals surface area (Å²) < 4.78 is 0. The van der Waals surface area contributed by atoms with Crippen LogP contribution in [0.4, 0.5) is 11.4 Å². The summed E-state index contributed by atoms with van der Waals surface area (Å²) in [6, 6.07) is 13.6. The van der Waals surface area contributed by atoms with E-state index in [1.54, 1.807) is 12.2 Å². The molecule has 122 valence electrons. The molecule has 0 saturated carbocycles. The topological polar surface area (TPSA) is 63.5 Å². The fourth-order valence-corrected chi connectivity index (χ4v) is 2.04. The van der Waals surface area contributed by atoms with Gasteiger partial charge in [-0.25, -0.2) is 0 Å². The van der Waals surface area contributed by atoms with Gasteiger partial charge in [0, 0.05) is 37.5 Å². The minimum atomic E-state index is -0.492. The lowest BCUT2D eigenvalue weighted by Crippen LogP contribution is -2.07. The second-order valence-electron chi connectivity index (χ2n) is 5.37. The van der Waals surface area contributed by atoms with Crippen LogP contribution >= 0.6 is 0 Å². The van der Waals surface area contributed by atoms with Crippen molar-refractivity contribution in [2.75, 3.05) is 19.0 Å². The summed E-state index contributed by atoms with van der Waals surface area (Å²) in [6.45, 7) is 0. The number of carbonyl (C=O) groups excluding carboxylic acids is 1. The van der Waals surface area contributed by atoms with Crippen LogP contribution in [0.1, 0.15) is 15.9 Å². The fourth-order valence-electron chi connectivity index (χ4n) is 2.04. The van der Waals surface area contributed by atoms with E-state index >= 15 is 0 Å². The maximum atomic E-state index is 12.0. The molecule has 0 radical (unpaired) electrons. The Hall–Kier alpha value is -3.21. The highest BCUT2D eigenvalue weighted by Crippen LogP contribution is 2.14. The van der Waals surface area contributed by atoms with Crippen LogP contribution in [-0.2, 0) is 0 Å². The molecular weight excluding hydrogens is 304 g/mol. The van der Waals surface area contributed by atoms with Crippen LogP contribution in [-0.4, -0.2) is 24.8 Å². The number of rotatable bonds is 6. The van der Waals surface area contributed by atoms with Gasteiger partial charge < -0.3 is 4.90 Å². The quantitative estimate of drug-likeness (QED) is 0.264. The Morgan fingerprint density at radius 3 is 2.17 bits per heavy atom. The van der Waals surface area contributed by atoms with Gasteiger partial charge in [0.15, 0.2) is 5.78 Å². The highest BCUT2D eigenvalue weighted by Gasteiger charge is 2.06. The lowest BCUT2D eigenvalue weighted by atomic mass is 10.1. The van der Waals surface area contributed by atoms with Gasteiger partial charge in [-0.1, -0.05) is 30.4 Å². The van der Waals surface area contributed by atoms with Crippen LogP contribution in [0, 0.1) is 10.1 Å². The highest BCUT2D eigenvalue weighted by molar-refractivity contribution is 6.04. The number of nitrogens with zero attached hydrogens (tertiary/aromatic N) is 2. The third-order valence-corrected chi connectivity index (χ3v) is 3.42. The van der Waals surface area contributed by atoms with Crippen LogP contribution in [0.3, 0.4) is 0 Å². The predicted molar refractivity (Wildman–Crippen MR) is 96.4 cm³/mol. The van der Waals surface area contributed by atoms with E-state index in [4.69, 9.17) is 0 Å². The molecule has 0 spiro atoms. The van der Waals surface area contributed by atoms with Crippen molar-refractivity contribution in [1.29, 1.82) is 0 Å². The molecule has 2 aromatic carbocycles. The van der Waals surface area contributed by atoms with Gasteiger partial charge in [0.05, 0.1) is 4.92 Å². The Labute approximate surface area is 140 Å². The summed E-state index contributed by atoms with van der Waals surface area (Å²) in [6.07, 6.45) is 6.78. The Morgan fingerprint density at radius 2 is 1.62 bits per heavy atom. The highest BCUT2D eigenvalue weighted by atomic mass is 16.6. The van der Waals surface area contributed by atoms with Crippen molar-refractivity contribution in [2.24, 2.45) is 0 Å². The summed E-state index contributed by atoms with van der Waals surface area (Å²) >= 11 is 0. The molecule has 0 unspecified atom stereocenters. The Kier molecular flexibility index (Phi) is 5.63. The van der Waals surface area contributed by atoms with Crippen LogP contribution in [0.5, 0.6) is 0 Å². The Bertz CT molecular complexity index is 773. The first-order chi connectivity index (χ1) is 11.5. The van der Waals surface area contributed by atoms with Gasteiger partial charge in [-0.05, 0) is 35.9 Å². The van der Waals surface area contributed by atoms with Gasteiger partial charge in [0.2, 0.25) is 0 Å². The first-order valence-corrected chi connectivity index (χ1v) is 7.38. The zero-order valence-corrected chi connectivity index (χ0v) is 13.5. The summed E-state index contributed by atoms with van der Waals surface area (Å²) in [5.74, 6) is -0.197. The number of nitro benzene ring substituents is 1. The number of ketones is 1. The third kappa shape index (κ3) is 4.64. The maximum Gasteiger partial charge on any atom is 0.269 e. The van der Waals surface area contributed by atoms with Crippen LogP contribution in [0.15, 0.2) is 66.8 Å². The van der Waals surface area contributed by atoms with Crippen molar-refractivity contribution >= 4 is 23.2 Å². The molecule has 2 rings (SSSR count). The second-order valence-corrected chi connectivity index (χ2v) is 5.37. The maximum absolute atomic E-state index is 12.0. The molecule has 5 heteroatoms. The van der Waals surface area contributed by atoms with Gasteiger partial charge in [0.25, 0.3) is 5.69 Å². The van der Waals surface area contributed by atoms with E-state index in [-0.39, 0.29) is 11.5 Å². The van der Waals surface area contributed by atoms with Crippen LogP contribution in [0.2, 0.25) is 0 Å². The molecule has 0 fully saturated rings. The summed E-state index contributed by atoms with van der Waals surface area (Å²) in [5, 5.41) is 10.6. The van der Waals surface area contributed by atoms with E-state index in [2.05, 4.69) is 0 Å². The summed E-state index contributed by atoms with van der Waals surface area (Å²) in [5.41, 5.74) is 2.54. The smallest absolute Gasteiger partial charge is 0.269 e. The first kappa shape index (κ1) is 17.1. The van der Waals surface area contributed by atoms with Gasteiger partial charge >= 0.3 is 0 Å². The van der Waals surface area contributed by atoms with Gasteiger partial charge in [-0.2, -0.15) is 0 Å². The normalized spacial score (nSPS) is 11.1. The number of hydrogen-bond donors (Lipinski definition) is 0. The lowest BCUT2D eigenvalue weighted by molar-refractivity contribution is -0.384. The first-order valence-electron chi connectivity index (χ1n) is 7.38. The number of nitro groups is 1. The van der Waals surface area contributed by atoms with Gasteiger partial charge in [0.1, 0.15) is 0 Å². The molecular formula is C19H18N2O3. The molecule has 0 N–H and O–H groups in total. The molecule has 0 aliphatic heterocycles. The summed E-state index contributed by atoms with van der Waals surface area (Å²) in [7, 11) is 3.97. The second kappa shape index (κ2) is 7.87. The van der Waals surface area contributed by atoms with Crippen molar-refractivity contribution < 1.29 is 9.72 Å². The molecule has 0 atom stereocenters. The molecule has 24 heavy (non-hydrogen) atoms. The van der Waals surface area contributed by atoms with E-state index in [0.717, 1.165) is 11.3 Å². The number of benzene rings is 2. The largest absolute Gasteiger partial charge is 0.378 e. The van der Waals surface area contributed by atoms with Crippen molar-refractivity contribution in [1.82, 2.24) is 0 Å². The molecule has 0 heterocycles. The Morgan fingerprint density at radius 1 is 1.00 bits per heavy atom. The van der Waals surface area contributed by atoms with E-state index in [1.165, 1.54) is 30.3 Å². The van der Waals surface area contributed by atoms with Crippen molar-refractivity contribution in [3.05, 3.63) is 88.0 Å². The van der Waals surface area contributed by atoms with Crippen molar-refractivity contribution in [3.8, 4) is 0 Å². The Balaban J connectivity index is 1.97. The minimum Gasteiger partial charge on any atom is -0.378 e.